The number of ether oxygens (including phenoxy) is 2. The molecule has 1 aliphatic rings. The topological polar surface area (TPSA) is 67.8 Å². The third-order valence-corrected chi connectivity index (χ3v) is 2.75. The van der Waals surface area contributed by atoms with E-state index in [2.05, 4.69) is 5.32 Å². The van der Waals surface area contributed by atoms with Gasteiger partial charge in [0.1, 0.15) is 11.5 Å². The van der Waals surface area contributed by atoms with Gasteiger partial charge in [-0.25, -0.2) is 4.79 Å². The largest absolute Gasteiger partial charge is 0.478 e. The maximum absolute atomic E-state index is 10.9. The van der Waals surface area contributed by atoms with Crippen LogP contribution in [0.4, 0.5) is 5.69 Å². The molecule has 0 amide bonds. The second kappa shape index (κ2) is 4.97. The molecule has 0 bridgehead atoms. The molecule has 5 heteroatoms. The quantitative estimate of drug-likeness (QED) is 0.896. The Morgan fingerprint density at radius 2 is 1.95 bits per heavy atom. The molecule has 1 heterocycles. The van der Waals surface area contributed by atoms with E-state index in [4.69, 9.17) is 14.6 Å². The molecule has 0 aromatic heterocycles. The summed E-state index contributed by atoms with van der Waals surface area (Å²) in [5.74, 6) is 0.615. The third-order valence-electron chi connectivity index (χ3n) is 2.75. The summed E-state index contributed by atoms with van der Waals surface area (Å²) in [7, 11) is 0. The monoisotopic (exact) mass is 269 g/mol. The molecule has 0 spiro atoms. The van der Waals surface area contributed by atoms with Gasteiger partial charge >= 0.3 is 5.97 Å². The second-order valence-corrected chi connectivity index (χ2v) is 4.16. The predicted molar refractivity (Wildman–Crippen MR) is 72.8 cm³/mol. The maximum atomic E-state index is 10.9. The summed E-state index contributed by atoms with van der Waals surface area (Å²) in [6.07, 6.45) is 1.44. The summed E-state index contributed by atoms with van der Waals surface area (Å²) in [6, 6.07) is 13.8. The van der Waals surface area contributed by atoms with E-state index in [1.807, 2.05) is 30.3 Å². The fourth-order valence-electron chi connectivity index (χ4n) is 1.81. The Bertz CT molecular complexity index is 680. The van der Waals surface area contributed by atoms with Gasteiger partial charge < -0.3 is 19.9 Å². The summed E-state index contributed by atoms with van der Waals surface area (Å²) in [6.45, 7) is 0. The predicted octanol–water partition coefficient (Wildman–Crippen LogP) is 3.07. The van der Waals surface area contributed by atoms with Crippen LogP contribution < -0.4 is 14.8 Å². The average molecular weight is 269 g/mol. The fraction of sp³-hybridized carbons (Fsp3) is 0. The van der Waals surface area contributed by atoms with E-state index in [9.17, 15) is 4.79 Å². The zero-order valence-electron chi connectivity index (χ0n) is 10.4. The van der Waals surface area contributed by atoms with E-state index in [1.54, 1.807) is 6.07 Å². The van der Waals surface area contributed by atoms with Gasteiger partial charge in [0.05, 0.1) is 11.3 Å². The number of anilines is 1. The molecule has 0 aliphatic carbocycles. The average Bonchev–Trinajstić information content (AvgIpc) is 2.47. The number of carbonyl (C=O) groups is 1. The first-order chi connectivity index (χ1) is 9.72. The molecule has 0 saturated heterocycles. The summed E-state index contributed by atoms with van der Waals surface area (Å²) in [4.78, 5) is 10.9. The summed E-state index contributed by atoms with van der Waals surface area (Å²) in [5, 5.41) is 12.0. The normalized spacial score (nSPS) is 12.5. The molecule has 20 heavy (non-hydrogen) atoms. The van der Waals surface area contributed by atoms with Gasteiger partial charge in [-0.05, 0) is 30.3 Å². The molecule has 0 fully saturated rings. The lowest BCUT2D eigenvalue weighted by Crippen LogP contribution is -2.14. The van der Waals surface area contributed by atoms with Gasteiger partial charge in [-0.3, -0.25) is 0 Å². The Morgan fingerprint density at radius 3 is 2.70 bits per heavy atom. The molecule has 5 nitrogen and oxygen atoms in total. The van der Waals surface area contributed by atoms with E-state index < -0.39 is 5.97 Å². The highest BCUT2D eigenvalue weighted by atomic mass is 16.5. The zero-order chi connectivity index (χ0) is 13.9. The highest BCUT2D eigenvalue weighted by Gasteiger charge is 2.15. The van der Waals surface area contributed by atoms with E-state index in [1.165, 1.54) is 18.4 Å². The van der Waals surface area contributed by atoms with E-state index in [0.29, 0.717) is 23.1 Å². The Hall–Kier alpha value is -2.95. The van der Waals surface area contributed by atoms with Gasteiger partial charge in [-0.2, -0.15) is 0 Å². The van der Waals surface area contributed by atoms with Crippen LogP contribution in [0, 0.1) is 0 Å². The van der Waals surface area contributed by atoms with Crippen LogP contribution in [-0.2, 0) is 0 Å². The second-order valence-electron chi connectivity index (χ2n) is 4.16. The highest BCUT2D eigenvalue weighted by Crippen LogP contribution is 2.31. The van der Waals surface area contributed by atoms with Crippen molar-refractivity contribution in [1.82, 2.24) is 0 Å². The van der Waals surface area contributed by atoms with E-state index >= 15 is 0 Å². The van der Waals surface area contributed by atoms with Crippen LogP contribution in [0.25, 0.3) is 0 Å². The first-order valence-electron chi connectivity index (χ1n) is 5.96. The van der Waals surface area contributed by atoms with Crippen molar-refractivity contribution in [2.45, 2.75) is 0 Å². The highest BCUT2D eigenvalue weighted by molar-refractivity contribution is 5.89. The number of fused-ring (bicyclic) bond motifs is 1. The number of carboxylic acids is 1. The number of hydrogen-bond acceptors (Lipinski definition) is 4. The van der Waals surface area contributed by atoms with E-state index in [0.717, 1.165) is 0 Å². The lowest BCUT2D eigenvalue weighted by Gasteiger charge is -2.19. The van der Waals surface area contributed by atoms with Crippen LogP contribution in [0.3, 0.4) is 0 Å². The number of benzene rings is 2. The smallest absolute Gasteiger partial charge is 0.335 e. The van der Waals surface area contributed by atoms with Crippen LogP contribution in [0.2, 0.25) is 0 Å². The minimum absolute atomic E-state index is 0.181. The van der Waals surface area contributed by atoms with Crippen molar-refractivity contribution in [2.75, 3.05) is 5.32 Å². The number of para-hydroxylation sites is 1. The number of hydrogen-bond donors (Lipinski definition) is 2. The number of aromatic carboxylic acids is 1. The number of carboxylic acid groups (broad SMARTS) is 1. The SMILES string of the molecule is O=C(O)c1ccc2c(c1)NC(Oc1ccccc1)=CO2. The molecule has 2 aromatic rings. The van der Waals surface area contributed by atoms with Gasteiger partial charge in [0.25, 0.3) is 0 Å². The van der Waals surface area contributed by atoms with Gasteiger partial charge in [-0.1, -0.05) is 18.2 Å². The Labute approximate surface area is 115 Å². The molecule has 0 radical (unpaired) electrons. The van der Waals surface area contributed by atoms with Gasteiger partial charge in [0, 0.05) is 0 Å². The molecule has 100 valence electrons. The van der Waals surface area contributed by atoms with Crippen molar-refractivity contribution in [3.63, 3.8) is 0 Å². The Kier molecular flexibility index (Phi) is 3.01. The lowest BCUT2D eigenvalue weighted by atomic mass is 10.2. The first kappa shape index (κ1) is 12.1. The lowest BCUT2D eigenvalue weighted by molar-refractivity contribution is 0.0697. The first-order valence-corrected chi connectivity index (χ1v) is 5.96. The Morgan fingerprint density at radius 1 is 1.15 bits per heavy atom. The van der Waals surface area contributed by atoms with Gasteiger partial charge in [-0.15, -0.1) is 0 Å². The molecule has 0 unspecified atom stereocenters. The van der Waals surface area contributed by atoms with Crippen molar-refractivity contribution in [3.05, 3.63) is 66.2 Å². The van der Waals surface area contributed by atoms with Crippen LogP contribution >= 0.6 is 0 Å². The number of rotatable bonds is 3. The summed E-state index contributed by atoms with van der Waals surface area (Å²) < 4.78 is 11.0. The van der Waals surface area contributed by atoms with Gasteiger partial charge in [0.2, 0.25) is 5.88 Å². The molecule has 3 rings (SSSR count). The van der Waals surface area contributed by atoms with Crippen molar-refractivity contribution in [2.24, 2.45) is 0 Å². The van der Waals surface area contributed by atoms with E-state index in [-0.39, 0.29) is 5.56 Å². The van der Waals surface area contributed by atoms with Gasteiger partial charge in [0.15, 0.2) is 6.26 Å². The minimum Gasteiger partial charge on any atom is -0.478 e. The molecular formula is C15H11NO4. The van der Waals surface area contributed by atoms with Crippen LogP contribution in [0.15, 0.2) is 60.7 Å². The molecule has 0 saturated carbocycles. The molecule has 0 atom stereocenters. The van der Waals surface area contributed by atoms with Crippen molar-refractivity contribution in [3.8, 4) is 11.5 Å². The summed E-state index contributed by atoms with van der Waals surface area (Å²) in [5.41, 5.74) is 0.735. The standard InChI is InChI=1S/C15H11NO4/c17-15(18)10-6-7-13-12(8-10)16-14(9-19-13)20-11-4-2-1-3-5-11/h1-9,16H,(H,17,18). The van der Waals surface area contributed by atoms with Crippen LogP contribution in [0.5, 0.6) is 11.5 Å². The minimum atomic E-state index is -0.991. The summed E-state index contributed by atoms with van der Waals surface area (Å²) >= 11 is 0. The van der Waals surface area contributed by atoms with Crippen molar-refractivity contribution >= 4 is 11.7 Å². The molecule has 2 aromatic carbocycles. The number of nitrogens with one attached hydrogen (secondary N) is 1. The molecular weight excluding hydrogens is 258 g/mol. The molecule has 1 aliphatic heterocycles. The van der Waals surface area contributed by atoms with Crippen LogP contribution in [0.1, 0.15) is 10.4 Å². The maximum Gasteiger partial charge on any atom is 0.335 e. The van der Waals surface area contributed by atoms with Crippen molar-refractivity contribution in [1.29, 1.82) is 0 Å². The zero-order valence-corrected chi connectivity index (χ0v) is 10.4. The van der Waals surface area contributed by atoms with Crippen LogP contribution in [-0.4, -0.2) is 11.1 Å². The van der Waals surface area contributed by atoms with Crippen molar-refractivity contribution < 1.29 is 19.4 Å². The fourth-order valence-corrected chi connectivity index (χ4v) is 1.81. The Balaban J connectivity index is 1.81. The molecule has 2 N–H and O–H groups in total. The third kappa shape index (κ3) is 2.42.